The molecular formula is C13H14N4O2. The minimum absolute atomic E-state index is 0.0870. The van der Waals surface area contributed by atoms with Gasteiger partial charge < -0.3 is 15.7 Å². The second kappa shape index (κ2) is 5.81. The van der Waals surface area contributed by atoms with Crippen LogP contribution in [0.25, 0.3) is 0 Å². The SMILES string of the molecule is CCc1ccccc1Oc1nccc(/C(N)=N/O)n1. The fourth-order valence-corrected chi connectivity index (χ4v) is 1.58. The van der Waals surface area contributed by atoms with Gasteiger partial charge in [-0.3, -0.25) is 0 Å². The number of aryl methyl sites for hydroxylation is 1. The topological polar surface area (TPSA) is 93.6 Å². The minimum Gasteiger partial charge on any atom is -0.424 e. The Balaban J connectivity index is 2.28. The van der Waals surface area contributed by atoms with Crippen molar-refractivity contribution in [2.45, 2.75) is 13.3 Å². The number of ether oxygens (including phenoxy) is 1. The zero-order chi connectivity index (χ0) is 13.7. The van der Waals surface area contributed by atoms with Crippen molar-refractivity contribution >= 4 is 5.84 Å². The van der Waals surface area contributed by atoms with Crippen LogP contribution in [0.4, 0.5) is 0 Å². The van der Waals surface area contributed by atoms with Crippen LogP contribution in [0.1, 0.15) is 18.2 Å². The van der Waals surface area contributed by atoms with Crippen LogP contribution in [-0.4, -0.2) is 21.0 Å². The number of para-hydroxylation sites is 1. The van der Waals surface area contributed by atoms with E-state index in [2.05, 4.69) is 15.1 Å². The van der Waals surface area contributed by atoms with Crippen molar-refractivity contribution in [1.82, 2.24) is 9.97 Å². The van der Waals surface area contributed by atoms with Crippen molar-refractivity contribution in [2.24, 2.45) is 10.9 Å². The number of benzene rings is 1. The number of hydrogen-bond donors (Lipinski definition) is 2. The van der Waals surface area contributed by atoms with Gasteiger partial charge in [-0.15, -0.1) is 0 Å². The van der Waals surface area contributed by atoms with Crippen LogP contribution in [-0.2, 0) is 6.42 Å². The molecule has 0 aliphatic carbocycles. The quantitative estimate of drug-likeness (QED) is 0.378. The van der Waals surface area contributed by atoms with Crippen molar-refractivity contribution in [2.75, 3.05) is 0 Å². The summed E-state index contributed by atoms with van der Waals surface area (Å²) in [6.07, 6.45) is 2.33. The number of nitrogens with two attached hydrogens (primary N) is 1. The van der Waals surface area contributed by atoms with E-state index in [9.17, 15) is 0 Å². The summed E-state index contributed by atoms with van der Waals surface area (Å²) in [6.45, 7) is 2.04. The van der Waals surface area contributed by atoms with E-state index < -0.39 is 0 Å². The highest BCUT2D eigenvalue weighted by Crippen LogP contribution is 2.22. The van der Waals surface area contributed by atoms with Gasteiger partial charge in [-0.25, -0.2) is 4.98 Å². The second-order valence-electron chi connectivity index (χ2n) is 3.77. The maximum Gasteiger partial charge on any atom is 0.322 e. The van der Waals surface area contributed by atoms with Gasteiger partial charge in [0.15, 0.2) is 5.84 Å². The van der Waals surface area contributed by atoms with Gasteiger partial charge in [0, 0.05) is 6.20 Å². The maximum absolute atomic E-state index is 8.61. The van der Waals surface area contributed by atoms with E-state index in [1.54, 1.807) is 0 Å². The van der Waals surface area contributed by atoms with Crippen molar-refractivity contribution in [1.29, 1.82) is 0 Å². The lowest BCUT2D eigenvalue weighted by Gasteiger charge is -2.08. The summed E-state index contributed by atoms with van der Waals surface area (Å²) in [5, 5.41) is 11.5. The molecule has 6 nitrogen and oxygen atoms in total. The third-order valence-corrected chi connectivity index (χ3v) is 2.56. The van der Waals surface area contributed by atoms with Crippen LogP contribution < -0.4 is 10.5 Å². The van der Waals surface area contributed by atoms with E-state index in [0.717, 1.165) is 12.0 Å². The van der Waals surface area contributed by atoms with E-state index in [-0.39, 0.29) is 11.8 Å². The standard InChI is InChI=1S/C13H14N4O2/c1-2-9-5-3-4-6-11(9)19-13-15-8-7-10(16-13)12(14)17-18/h3-8,18H,2H2,1H3,(H2,14,17). The van der Waals surface area contributed by atoms with Crippen molar-refractivity contribution < 1.29 is 9.94 Å². The molecule has 0 saturated carbocycles. The molecule has 0 amide bonds. The number of nitrogens with zero attached hydrogens (tertiary/aromatic N) is 3. The van der Waals surface area contributed by atoms with Gasteiger partial charge in [0.05, 0.1) is 0 Å². The second-order valence-corrected chi connectivity index (χ2v) is 3.77. The van der Waals surface area contributed by atoms with Crippen LogP contribution in [0.5, 0.6) is 11.8 Å². The van der Waals surface area contributed by atoms with Crippen LogP contribution in [0, 0.1) is 0 Å². The minimum atomic E-state index is -0.0870. The molecule has 0 saturated heterocycles. The Morgan fingerprint density at radius 3 is 2.89 bits per heavy atom. The first-order valence-corrected chi connectivity index (χ1v) is 5.81. The molecule has 1 heterocycles. The molecule has 2 aromatic rings. The predicted molar refractivity (Wildman–Crippen MR) is 70.4 cm³/mol. The van der Waals surface area contributed by atoms with Gasteiger partial charge in [0.2, 0.25) is 0 Å². The molecule has 0 radical (unpaired) electrons. The molecule has 1 aromatic carbocycles. The number of rotatable bonds is 4. The van der Waals surface area contributed by atoms with Crippen molar-refractivity contribution in [3.8, 4) is 11.8 Å². The molecule has 98 valence electrons. The lowest BCUT2D eigenvalue weighted by molar-refractivity contribution is 0.318. The Hall–Kier alpha value is -2.63. The summed E-state index contributed by atoms with van der Waals surface area (Å²) in [6, 6.07) is 9.33. The van der Waals surface area contributed by atoms with E-state index in [1.807, 2.05) is 31.2 Å². The fraction of sp³-hybridized carbons (Fsp3) is 0.154. The first-order valence-electron chi connectivity index (χ1n) is 5.81. The number of oxime groups is 1. The predicted octanol–water partition coefficient (Wildman–Crippen LogP) is 1.93. The fourth-order valence-electron chi connectivity index (χ4n) is 1.58. The van der Waals surface area contributed by atoms with E-state index >= 15 is 0 Å². The molecule has 3 N–H and O–H groups in total. The van der Waals surface area contributed by atoms with E-state index in [1.165, 1.54) is 12.3 Å². The molecule has 19 heavy (non-hydrogen) atoms. The number of hydrogen-bond acceptors (Lipinski definition) is 5. The first-order chi connectivity index (χ1) is 9.24. The summed E-state index contributed by atoms with van der Waals surface area (Å²) >= 11 is 0. The molecule has 6 heteroatoms. The van der Waals surface area contributed by atoms with Gasteiger partial charge in [-0.1, -0.05) is 30.3 Å². The molecule has 0 spiro atoms. The lowest BCUT2D eigenvalue weighted by Crippen LogP contribution is -2.15. The third-order valence-electron chi connectivity index (χ3n) is 2.56. The van der Waals surface area contributed by atoms with Gasteiger partial charge >= 0.3 is 6.01 Å². The summed E-state index contributed by atoms with van der Waals surface area (Å²) in [7, 11) is 0. The molecule has 1 aromatic heterocycles. The van der Waals surface area contributed by atoms with Gasteiger partial charge in [0.1, 0.15) is 11.4 Å². The smallest absolute Gasteiger partial charge is 0.322 e. The van der Waals surface area contributed by atoms with Crippen LogP contribution in [0.15, 0.2) is 41.7 Å². The van der Waals surface area contributed by atoms with Gasteiger partial charge in [-0.2, -0.15) is 4.98 Å². The normalized spacial score (nSPS) is 11.3. The monoisotopic (exact) mass is 258 g/mol. The number of aromatic nitrogens is 2. The van der Waals surface area contributed by atoms with Crippen LogP contribution in [0.3, 0.4) is 0 Å². The Bertz CT molecular complexity index is 599. The maximum atomic E-state index is 8.61. The summed E-state index contributed by atoms with van der Waals surface area (Å²) < 4.78 is 5.62. The molecule has 0 aliphatic rings. The highest BCUT2D eigenvalue weighted by atomic mass is 16.5. The van der Waals surface area contributed by atoms with Gasteiger partial charge in [-0.05, 0) is 24.1 Å². The summed E-state index contributed by atoms with van der Waals surface area (Å²) in [5.74, 6) is 0.609. The zero-order valence-electron chi connectivity index (χ0n) is 10.4. The third kappa shape index (κ3) is 2.98. The van der Waals surface area contributed by atoms with Crippen molar-refractivity contribution in [3.63, 3.8) is 0 Å². The highest BCUT2D eigenvalue weighted by Gasteiger charge is 2.07. The average molecular weight is 258 g/mol. The largest absolute Gasteiger partial charge is 0.424 e. The molecular weight excluding hydrogens is 244 g/mol. The van der Waals surface area contributed by atoms with Gasteiger partial charge in [0.25, 0.3) is 0 Å². The zero-order valence-corrected chi connectivity index (χ0v) is 10.4. The molecule has 0 bridgehead atoms. The highest BCUT2D eigenvalue weighted by molar-refractivity contribution is 5.95. The molecule has 2 rings (SSSR count). The first kappa shape index (κ1) is 12.8. The Labute approximate surface area is 110 Å². The van der Waals surface area contributed by atoms with E-state index in [4.69, 9.17) is 15.7 Å². The summed E-state index contributed by atoms with van der Waals surface area (Å²) in [5.41, 5.74) is 6.83. The Kier molecular flexibility index (Phi) is 3.92. The summed E-state index contributed by atoms with van der Waals surface area (Å²) in [4.78, 5) is 8.07. The molecule has 0 atom stereocenters. The van der Waals surface area contributed by atoms with E-state index in [0.29, 0.717) is 11.4 Å². The molecule has 0 unspecified atom stereocenters. The van der Waals surface area contributed by atoms with Crippen molar-refractivity contribution in [3.05, 3.63) is 47.8 Å². The Morgan fingerprint density at radius 2 is 2.16 bits per heavy atom. The molecule has 0 aliphatic heterocycles. The molecule has 0 fully saturated rings. The van der Waals surface area contributed by atoms with Crippen LogP contribution >= 0.6 is 0 Å². The Morgan fingerprint density at radius 1 is 1.37 bits per heavy atom. The lowest BCUT2D eigenvalue weighted by atomic mass is 10.1. The number of amidine groups is 1. The average Bonchev–Trinajstić information content (AvgIpc) is 2.47. The van der Waals surface area contributed by atoms with Crippen LogP contribution in [0.2, 0.25) is 0 Å².